The van der Waals surface area contributed by atoms with Crippen LogP contribution in [0, 0.1) is 0 Å². The molecule has 0 bridgehead atoms. The van der Waals surface area contributed by atoms with E-state index < -0.39 is 0 Å². The van der Waals surface area contributed by atoms with Gasteiger partial charge >= 0.3 is 5.97 Å². The zero-order valence-corrected chi connectivity index (χ0v) is 8.56. The molecular weight excluding hydrogens is 204 g/mol. The molecule has 4 nitrogen and oxygen atoms in total. The fourth-order valence-corrected chi connectivity index (χ4v) is 1.39. The summed E-state index contributed by atoms with van der Waals surface area (Å²) in [5, 5.41) is 3.17. The number of fused-ring (bicyclic) bond motifs is 1. The number of carbonyl (C=O) groups is 1. The van der Waals surface area contributed by atoms with Crippen LogP contribution in [0.3, 0.4) is 0 Å². The van der Waals surface area contributed by atoms with E-state index in [2.05, 4.69) is 15.0 Å². The molecule has 0 saturated heterocycles. The summed E-state index contributed by atoms with van der Waals surface area (Å²) in [5.74, 6) is -0.380. The summed E-state index contributed by atoms with van der Waals surface area (Å²) in [6, 6.07) is 3.53. The molecule has 0 saturated carbocycles. The average Bonchev–Trinajstić information content (AvgIpc) is 2.63. The van der Waals surface area contributed by atoms with Gasteiger partial charge in [0.2, 0.25) is 0 Å². The largest absolute Gasteiger partial charge is 0.464 e. The first-order valence-electron chi connectivity index (χ1n) is 4.13. The van der Waals surface area contributed by atoms with Crippen LogP contribution in [-0.2, 0) is 11.2 Å². The number of anilines is 1. The summed E-state index contributed by atoms with van der Waals surface area (Å²) < 4.78 is 4.57. The molecule has 1 aliphatic heterocycles. The number of aromatic nitrogens is 1. The number of ether oxygens (including phenoxy) is 1. The average molecular weight is 215 g/mol. The number of hydrogen-bond donors (Lipinski definition) is 1. The van der Waals surface area contributed by atoms with E-state index in [4.69, 9.17) is 0 Å². The molecule has 0 unspecified atom stereocenters. The van der Waals surface area contributed by atoms with E-state index in [0.29, 0.717) is 5.69 Å². The highest BCUT2D eigenvalue weighted by Crippen LogP contribution is 2.19. The molecule has 2 rings (SSSR count). The molecule has 1 aliphatic rings. The molecule has 0 aromatic carbocycles. The number of pyridine rings is 1. The van der Waals surface area contributed by atoms with E-state index >= 15 is 0 Å². The third-order valence-electron chi connectivity index (χ3n) is 2.05. The van der Waals surface area contributed by atoms with E-state index in [1.54, 1.807) is 6.07 Å². The second kappa shape index (κ2) is 4.28. The second-order valence-corrected chi connectivity index (χ2v) is 2.86. The molecule has 1 aromatic heterocycles. The number of carbonyl (C=O) groups excluding carboxylic acids is 1. The molecular formula is C9H11ClN2O2. The maximum atomic E-state index is 11.1. The molecule has 0 atom stereocenters. The monoisotopic (exact) mass is 214 g/mol. The van der Waals surface area contributed by atoms with Gasteiger partial charge in [0.25, 0.3) is 0 Å². The van der Waals surface area contributed by atoms with Crippen molar-refractivity contribution >= 4 is 24.1 Å². The number of halogens is 1. The highest BCUT2D eigenvalue weighted by Gasteiger charge is 2.14. The first-order chi connectivity index (χ1) is 6.31. The lowest BCUT2D eigenvalue weighted by molar-refractivity contribution is 0.0594. The van der Waals surface area contributed by atoms with Crippen LogP contribution >= 0.6 is 12.4 Å². The SMILES string of the molecule is COC(=O)c1ccc2c(n1)CCN2.Cl. The standard InChI is InChI=1S/C9H10N2O2.ClH/c1-13-9(12)8-3-2-6-7(11-8)4-5-10-6;/h2-3,10H,4-5H2,1H3;1H. The zero-order chi connectivity index (χ0) is 9.26. The van der Waals surface area contributed by atoms with Crippen molar-refractivity contribution in [2.45, 2.75) is 6.42 Å². The number of nitrogens with zero attached hydrogens (tertiary/aromatic N) is 1. The highest BCUT2D eigenvalue weighted by molar-refractivity contribution is 5.87. The third-order valence-corrected chi connectivity index (χ3v) is 2.05. The van der Waals surface area contributed by atoms with Crippen molar-refractivity contribution in [3.05, 3.63) is 23.5 Å². The summed E-state index contributed by atoms with van der Waals surface area (Å²) in [7, 11) is 1.36. The van der Waals surface area contributed by atoms with Gasteiger partial charge in [-0.15, -0.1) is 12.4 Å². The highest BCUT2D eigenvalue weighted by atomic mass is 35.5. The molecule has 0 aliphatic carbocycles. The molecule has 2 heterocycles. The van der Waals surface area contributed by atoms with Gasteiger partial charge in [-0.3, -0.25) is 0 Å². The van der Waals surface area contributed by atoms with E-state index in [1.807, 2.05) is 6.07 Å². The molecule has 0 radical (unpaired) electrons. The number of methoxy groups -OCH3 is 1. The summed E-state index contributed by atoms with van der Waals surface area (Å²) in [5.41, 5.74) is 2.35. The van der Waals surface area contributed by atoms with Crippen molar-refractivity contribution in [1.82, 2.24) is 4.98 Å². The first kappa shape index (κ1) is 10.8. The minimum Gasteiger partial charge on any atom is -0.464 e. The van der Waals surface area contributed by atoms with Crippen LogP contribution in [0.25, 0.3) is 0 Å². The molecule has 14 heavy (non-hydrogen) atoms. The lowest BCUT2D eigenvalue weighted by Gasteiger charge is -2.01. The number of rotatable bonds is 1. The van der Waals surface area contributed by atoms with Gasteiger partial charge in [0, 0.05) is 13.0 Å². The molecule has 1 N–H and O–H groups in total. The topological polar surface area (TPSA) is 51.2 Å². The number of esters is 1. The Morgan fingerprint density at radius 1 is 1.57 bits per heavy atom. The Morgan fingerprint density at radius 2 is 2.36 bits per heavy atom. The Labute approximate surface area is 88.1 Å². The quantitative estimate of drug-likeness (QED) is 0.716. The van der Waals surface area contributed by atoms with E-state index in [0.717, 1.165) is 24.3 Å². The van der Waals surface area contributed by atoms with Crippen LogP contribution in [0.2, 0.25) is 0 Å². The van der Waals surface area contributed by atoms with Crippen LogP contribution in [0.1, 0.15) is 16.2 Å². The Hall–Kier alpha value is -1.29. The Balaban J connectivity index is 0.000000980. The van der Waals surface area contributed by atoms with E-state index in [1.165, 1.54) is 7.11 Å². The van der Waals surface area contributed by atoms with Gasteiger partial charge in [0.05, 0.1) is 18.5 Å². The maximum absolute atomic E-state index is 11.1. The Kier molecular flexibility index (Phi) is 3.30. The van der Waals surface area contributed by atoms with Gasteiger partial charge in [-0.2, -0.15) is 0 Å². The fourth-order valence-electron chi connectivity index (χ4n) is 1.39. The van der Waals surface area contributed by atoms with Gasteiger partial charge in [0.15, 0.2) is 0 Å². The van der Waals surface area contributed by atoms with Gasteiger partial charge in [0.1, 0.15) is 5.69 Å². The molecule has 0 fully saturated rings. The first-order valence-corrected chi connectivity index (χ1v) is 4.13. The van der Waals surface area contributed by atoms with Crippen molar-refractivity contribution in [2.24, 2.45) is 0 Å². The maximum Gasteiger partial charge on any atom is 0.356 e. The lowest BCUT2D eigenvalue weighted by Crippen LogP contribution is -2.05. The summed E-state index contributed by atoms with van der Waals surface area (Å²) in [4.78, 5) is 15.3. The minimum absolute atomic E-state index is 0. The number of hydrogen-bond acceptors (Lipinski definition) is 4. The second-order valence-electron chi connectivity index (χ2n) is 2.86. The number of nitrogens with one attached hydrogen (secondary N) is 1. The van der Waals surface area contributed by atoms with Crippen molar-refractivity contribution in [2.75, 3.05) is 19.0 Å². The lowest BCUT2D eigenvalue weighted by atomic mass is 10.2. The van der Waals surface area contributed by atoms with Crippen LogP contribution in [-0.4, -0.2) is 24.6 Å². The van der Waals surface area contributed by atoms with Crippen molar-refractivity contribution in [3.8, 4) is 0 Å². The summed E-state index contributed by atoms with van der Waals surface area (Å²) in [6.45, 7) is 0.896. The summed E-state index contributed by atoms with van der Waals surface area (Å²) >= 11 is 0. The Bertz CT molecular complexity index is 355. The molecule has 76 valence electrons. The van der Waals surface area contributed by atoms with Crippen molar-refractivity contribution in [3.63, 3.8) is 0 Å². The van der Waals surface area contributed by atoms with Crippen LogP contribution in [0.4, 0.5) is 5.69 Å². The molecule has 0 amide bonds. The molecule has 1 aromatic rings. The van der Waals surface area contributed by atoms with E-state index in [-0.39, 0.29) is 18.4 Å². The smallest absolute Gasteiger partial charge is 0.356 e. The minimum atomic E-state index is -0.380. The van der Waals surface area contributed by atoms with Crippen LogP contribution < -0.4 is 5.32 Å². The van der Waals surface area contributed by atoms with Gasteiger partial charge in [-0.1, -0.05) is 0 Å². The van der Waals surface area contributed by atoms with Gasteiger partial charge in [-0.05, 0) is 12.1 Å². The normalized spacial score (nSPS) is 12.4. The van der Waals surface area contributed by atoms with Crippen molar-refractivity contribution in [1.29, 1.82) is 0 Å². The predicted molar refractivity (Wildman–Crippen MR) is 55.0 cm³/mol. The van der Waals surface area contributed by atoms with Gasteiger partial charge < -0.3 is 10.1 Å². The predicted octanol–water partition coefficient (Wildman–Crippen LogP) is 1.26. The molecule has 0 spiro atoms. The van der Waals surface area contributed by atoms with Gasteiger partial charge in [-0.25, -0.2) is 9.78 Å². The van der Waals surface area contributed by atoms with Crippen LogP contribution in [0.5, 0.6) is 0 Å². The molecule has 5 heteroatoms. The summed E-state index contributed by atoms with van der Waals surface area (Å²) in [6.07, 6.45) is 0.875. The van der Waals surface area contributed by atoms with E-state index in [9.17, 15) is 4.79 Å². The third kappa shape index (κ3) is 1.80. The van der Waals surface area contributed by atoms with Crippen LogP contribution in [0.15, 0.2) is 12.1 Å². The fraction of sp³-hybridized carbons (Fsp3) is 0.333. The van der Waals surface area contributed by atoms with Crippen molar-refractivity contribution < 1.29 is 9.53 Å². The zero-order valence-electron chi connectivity index (χ0n) is 7.74. The Morgan fingerprint density at radius 3 is 3.07 bits per heavy atom.